The molecule has 6 nitrogen and oxygen atoms in total. The molecule has 3 rings (SSSR count). The van der Waals surface area contributed by atoms with E-state index in [-0.39, 0.29) is 17.1 Å². The molecular formula is C19H32O6S2. The zero-order chi connectivity index (χ0) is 20.3. The van der Waals surface area contributed by atoms with Gasteiger partial charge in [0, 0.05) is 18.3 Å². The molecule has 0 amide bonds. The molecule has 0 N–H and O–H groups in total. The lowest BCUT2D eigenvalue weighted by Gasteiger charge is -2.37. The Balaban J connectivity index is 0.000000199. The number of rotatable bonds is 6. The molecule has 2 saturated carbocycles. The number of ketones is 2. The summed E-state index contributed by atoms with van der Waals surface area (Å²) in [6.45, 7) is 7.62. The Labute approximate surface area is 165 Å². The molecule has 2 aliphatic carbocycles. The van der Waals surface area contributed by atoms with Gasteiger partial charge in [-0.3, -0.25) is 9.59 Å². The van der Waals surface area contributed by atoms with Gasteiger partial charge in [-0.15, -0.1) is 0 Å². The van der Waals surface area contributed by atoms with E-state index in [0.29, 0.717) is 29.5 Å². The molecule has 27 heavy (non-hydrogen) atoms. The van der Waals surface area contributed by atoms with Crippen LogP contribution in [0.25, 0.3) is 0 Å². The van der Waals surface area contributed by atoms with Crippen LogP contribution in [0.2, 0.25) is 0 Å². The maximum atomic E-state index is 11.8. The van der Waals surface area contributed by atoms with Crippen LogP contribution in [-0.4, -0.2) is 60.8 Å². The van der Waals surface area contributed by atoms with E-state index in [4.69, 9.17) is 4.74 Å². The van der Waals surface area contributed by atoms with Crippen LogP contribution in [0.4, 0.5) is 0 Å². The molecule has 0 spiro atoms. The van der Waals surface area contributed by atoms with Crippen molar-refractivity contribution in [2.75, 3.05) is 36.2 Å². The van der Waals surface area contributed by atoms with E-state index < -0.39 is 21.3 Å². The summed E-state index contributed by atoms with van der Waals surface area (Å²) in [4.78, 5) is 23.1. The second-order valence-corrected chi connectivity index (χ2v) is 12.2. The van der Waals surface area contributed by atoms with Gasteiger partial charge in [0.15, 0.2) is 11.5 Å². The van der Waals surface area contributed by atoms with Crippen LogP contribution < -0.4 is 0 Å². The highest BCUT2D eigenvalue weighted by atomic mass is 32.2. The fourth-order valence-corrected chi connectivity index (χ4v) is 7.77. The Morgan fingerprint density at radius 3 is 2.37 bits per heavy atom. The van der Waals surface area contributed by atoms with Gasteiger partial charge >= 0.3 is 0 Å². The number of hydrogen-bond acceptors (Lipinski definition) is 6. The van der Waals surface area contributed by atoms with E-state index in [1.165, 1.54) is 0 Å². The first-order chi connectivity index (χ1) is 12.5. The van der Waals surface area contributed by atoms with Crippen LogP contribution in [0.1, 0.15) is 52.9 Å². The van der Waals surface area contributed by atoms with E-state index >= 15 is 0 Å². The Hall–Kier alpha value is -0.440. The Morgan fingerprint density at radius 2 is 1.93 bits per heavy atom. The number of carbonyl (C=O) groups excluding carboxylic acids is 2. The molecule has 0 radical (unpaired) electrons. The van der Waals surface area contributed by atoms with Gasteiger partial charge in [0.25, 0.3) is 0 Å². The predicted octanol–water partition coefficient (Wildman–Crippen LogP) is 1.93. The summed E-state index contributed by atoms with van der Waals surface area (Å²) < 4.78 is 37.9. The first-order valence-corrected chi connectivity index (χ1v) is 13.0. The number of carbonyl (C=O) groups is 2. The van der Waals surface area contributed by atoms with E-state index in [0.717, 1.165) is 49.7 Å². The number of Topliss-reactive ketones (excluding diaryl/α,β-unsaturated/α-hetero) is 2. The van der Waals surface area contributed by atoms with Crippen LogP contribution >= 0.6 is 0 Å². The number of fused-ring (bicyclic) bond motifs is 2. The summed E-state index contributed by atoms with van der Waals surface area (Å²) in [5.41, 5.74) is -1.22. The fraction of sp³-hybridized carbons (Fsp3) is 0.895. The maximum Gasteiger partial charge on any atom is 0.181 e. The quantitative estimate of drug-likeness (QED) is 0.481. The second kappa shape index (κ2) is 8.93. The molecule has 1 heterocycles. The van der Waals surface area contributed by atoms with E-state index in [9.17, 15) is 22.6 Å². The van der Waals surface area contributed by atoms with Crippen LogP contribution in [0, 0.1) is 16.7 Å². The summed E-state index contributed by atoms with van der Waals surface area (Å²) in [5.74, 6) is 3.20. The molecule has 156 valence electrons. The van der Waals surface area contributed by atoms with E-state index in [2.05, 4.69) is 6.92 Å². The van der Waals surface area contributed by atoms with Gasteiger partial charge in [-0.05, 0) is 41.5 Å². The fourth-order valence-electron chi connectivity index (χ4n) is 4.69. The molecule has 8 heteroatoms. The van der Waals surface area contributed by atoms with Crippen LogP contribution in [0.5, 0.6) is 0 Å². The standard InChI is InChI=1S/C10H16O4S.C9H17O2S/c1-9(2)7-3-4-10(9,8(11)5-7)6-15(12,13)14;1-2-3-9(10)8-12-6-4-11-5-7-12/h7H,3-6H2,1-2H3,(H,12,13,14);2-8H2,1H3/q;+1/p-1. The molecule has 1 aliphatic heterocycles. The normalized spacial score (nSPS) is 30.1. The second-order valence-electron chi connectivity index (χ2n) is 8.43. The van der Waals surface area contributed by atoms with Crippen molar-refractivity contribution in [3.8, 4) is 0 Å². The minimum Gasteiger partial charge on any atom is -0.748 e. The van der Waals surface area contributed by atoms with Crippen molar-refractivity contribution in [3.63, 3.8) is 0 Å². The van der Waals surface area contributed by atoms with Crippen molar-refractivity contribution in [3.05, 3.63) is 0 Å². The smallest absolute Gasteiger partial charge is 0.181 e. The highest BCUT2D eigenvalue weighted by Crippen LogP contribution is 2.64. The van der Waals surface area contributed by atoms with E-state index in [1.807, 2.05) is 13.8 Å². The molecule has 2 atom stereocenters. The van der Waals surface area contributed by atoms with Crippen molar-refractivity contribution < 1.29 is 27.3 Å². The van der Waals surface area contributed by atoms with Crippen molar-refractivity contribution in [1.29, 1.82) is 0 Å². The summed E-state index contributed by atoms with van der Waals surface area (Å²) in [5, 5.41) is 0. The summed E-state index contributed by atoms with van der Waals surface area (Å²) >= 11 is 0. The third-order valence-electron chi connectivity index (χ3n) is 6.49. The third kappa shape index (κ3) is 5.34. The largest absolute Gasteiger partial charge is 0.748 e. The van der Waals surface area contributed by atoms with Crippen LogP contribution in [-0.2, 0) is 35.3 Å². The zero-order valence-corrected chi connectivity index (χ0v) is 18.3. The lowest BCUT2D eigenvalue weighted by molar-refractivity contribution is -0.128. The monoisotopic (exact) mass is 420 g/mol. The number of ether oxygens (including phenoxy) is 1. The van der Waals surface area contributed by atoms with Crippen LogP contribution in [0.15, 0.2) is 0 Å². The summed E-state index contributed by atoms with van der Waals surface area (Å²) in [6, 6.07) is 0. The minimum absolute atomic E-state index is 0.0248. The predicted molar refractivity (Wildman–Crippen MR) is 106 cm³/mol. The highest BCUT2D eigenvalue weighted by Gasteiger charge is 2.64. The molecule has 3 aliphatic rings. The molecule has 2 unspecified atom stereocenters. The van der Waals surface area contributed by atoms with Gasteiger partial charge in [0.2, 0.25) is 0 Å². The zero-order valence-electron chi connectivity index (χ0n) is 16.6. The van der Waals surface area contributed by atoms with Gasteiger partial charge in [-0.1, -0.05) is 20.8 Å². The molecule has 0 aromatic carbocycles. The van der Waals surface area contributed by atoms with Gasteiger partial charge in [0.05, 0.1) is 29.1 Å². The SMILES string of the molecule is CC1(C)C2CCC1(CS(=O)(=O)[O-])C(=O)C2.CCCC(=O)C[S+]1CCOCC1. The average molecular weight is 421 g/mol. The Bertz CT molecular complexity index is 651. The Kier molecular flexibility index (Phi) is 7.55. The van der Waals surface area contributed by atoms with E-state index in [1.54, 1.807) is 0 Å². The molecule has 1 saturated heterocycles. The van der Waals surface area contributed by atoms with Crippen molar-refractivity contribution in [1.82, 2.24) is 0 Å². The van der Waals surface area contributed by atoms with Crippen molar-refractivity contribution in [2.45, 2.75) is 52.9 Å². The number of hydrogen-bond donors (Lipinski definition) is 0. The molecule has 0 aromatic heterocycles. The molecule has 3 fully saturated rings. The van der Waals surface area contributed by atoms with Crippen LogP contribution in [0.3, 0.4) is 0 Å². The molecule has 2 bridgehead atoms. The third-order valence-corrected chi connectivity index (χ3v) is 9.55. The van der Waals surface area contributed by atoms with Gasteiger partial charge in [-0.2, -0.15) is 0 Å². The Morgan fingerprint density at radius 1 is 1.30 bits per heavy atom. The van der Waals surface area contributed by atoms with Crippen molar-refractivity contribution in [2.24, 2.45) is 16.7 Å². The lowest BCUT2D eigenvalue weighted by atomic mass is 9.70. The molecular weight excluding hydrogens is 388 g/mol. The summed E-state index contributed by atoms with van der Waals surface area (Å²) in [6.07, 6.45) is 3.64. The average Bonchev–Trinajstić information content (AvgIpc) is 2.89. The topological polar surface area (TPSA) is 101 Å². The first kappa shape index (κ1) is 22.8. The first-order valence-electron chi connectivity index (χ1n) is 9.72. The minimum atomic E-state index is -4.33. The highest BCUT2D eigenvalue weighted by molar-refractivity contribution is 7.97. The van der Waals surface area contributed by atoms with Gasteiger partial charge in [0.1, 0.15) is 17.3 Å². The van der Waals surface area contributed by atoms with Gasteiger partial charge in [-0.25, -0.2) is 8.42 Å². The lowest BCUT2D eigenvalue weighted by Crippen LogP contribution is -2.42. The maximum absolute atomic E-state index is 11.8. The summed E-state index contributed by atoms with van der Waals surface area (Å²) in [7, 11) is -3.98. The van der Waals surface area contributed by atoms with Crippen molar-refractivity contribution >= 4 is 32.6 Å². The van der Waals surface area contributed by atoms with Gasteiger partial charge < -0.3 is 9.29 Å². The molecule has 0 aromatic rings.